The van der Waals surface area contributed by atoms with Crippen LogP contribution in [0.4, 0.5) is 5.69 Å². The van der Waals surface area contributed by atoms with E-state index in [1.807, 2.05) is 0 Å². The molecule has 0 saturated heterocycles. The van der Waals surface area contributed by atoms with Crippen molar-refractivity contribution in [3.63, 3.8) is 0 Å². The van der Waals surface area contributed by atoms with Crippen molar-refractivity contribution in [2.45, 2.75) is 4.90 Å². The molecule has 0 aliphatic heterocycles. The van der Waals surface area contributed by atoms with Gasteiger partial charge in [-0.3, -0.25) is 0 Å². The van der Waals surface area contributed by atoms with E-state index in [9.17, 15) is 8.42 Å². The van der Waals surface area contributed by atoms with Crippen molar-refractivity contribution in [1.29, 1.82) is 0 Å². The average molecular weight is 335 g/mol. The summed E-state index contributed by atoms with van der Waals surface area (Å²) in [5, 5.41) is 5.06. The molecule has 8 nitrogen and oxygen atoms in total. The molecule has 98 valence electrons. The Hall–Kier alpha value is -1.65. The Bertz CT molecular complexity index is 620. The van der Waals surface area contributed by atoms with E-state index >= 15 is 0 Å². The number of hydrogen-bond acceptors (Lipinski definition) is 3. The molecule has 0 aliphatic carbocycles. The largest absolute Gasteiger partial charge is 0.370 e. The molecule has 0 bridgehead atoms. The Balaban J connectivity index is 3.46. The molecule has 8 N–H and O–H groups in total. The van der Waals surface area contributed by atoms with Gasteiger partial charge in [0.2, 0.25) is 16.0 Å². The Morgan fingerprint density at radius 2 is 1.83 bits per heavy atom. The minimum absolute atomic E-state index is 0.0301. The number of nitrogens with zero attached hydrogens (tertiary/aromatic N) is 2. The topological polar surface area (TPSA) is 163 Å². The van der Waals surface area contributed by atoms with Crippen LogP contribution in [0.1, 0.15) is 0 Å². The fourth-order valence-electron chi connectivity index (χ4n) is 1.11. The van der Waals surface area contributed by atoms with Gasteiger partial charge in [0.05, 0.1) is 0 Å². The summed E-state index contributed by atoms with van der Waals surface area (Å²) in [6, 6.07) is 4.37. The summed E-state index contributed by atoms with van der Waals surface area (Å²) in [7, 11) is -3.93. The Morgan fingerprint density at radius 3 is 2.33 bits per heavy atom. The van der Waals surface area contributed by atoms with E-state index < -0.39 is 10.0 Å². The quantitative estimate of drug-likeness (QED) is 0.415. The van der Waals surface area contributed by atoms with Crippen molar-refractivity contribution < 1.29 is 8.42 Å². The van der Waals surface area contributed by atoms with Crippen LogP contribution in [-0.2, 0) is 10.0 Å². The molecule has 0 unspecified atom stereocenters. The molecule has 0 heterocycles. The summed E-state index contributed by atoms with van der Waals surface area (Å²) in [5.74, 6) is -0.577. The lowest BCUT2D eigenvalue weighted by Crippen LogP contribution is -2.26. The molecule has 1 aromatic rings. The van der Waals surface area contributed by atoms with Crippen LogP contribution in [0, 0.1) is 0 Å². The fourth-order valence-corrected chi connectivity index (χ4v) is 2.38. The van der Waals surface area contributed by atoms with Crippen LogP contribution in [0.2, 0.25) is 0 Å². The number of sulfonamides is 1. The van der Waals surface area contributed by atoms with E-state index in [0.29, 0.717) is 4.47 Å². The molecule has 0 aliphatic rings. The molecule has 1 rings (SSSR count). The maximum absolute atomic E-state index is 11.4. The van der Waals surface area contributed by atoms with Gasteiger partial charge >= 0.3 is 0 Å². The zero-order valence-electron chi connectivity index (χ0n) is 9.04. The zero-order valence-corrected chi connectivity index (χ0v) is 11.4. The summed E-state index contributed by atoms with van der Waals surface area (Å²) >= 11 is 3.14. The van der Waals surface area contributed by atoms with Crippen molar-refractivity contribution in [3.8, 4) is 0 Å². The fraction of sp³-hybridized carbons (Fsp3) is 0. The van der Waals surface area contributed by atoms with Crippen LogP contribution in [0.15, 0.2) is 37.6 Å². The second-order valence-corrected chi connectivity index (χ2v) is 5.52. The van der Waals surface area contributed by atoms with Crippen molar-refractivity contribution in [2.75, 3.05) is 0 Å². The van der Waals surface area contributed by atoms with E-state index in [4.69, 9.17) is 22.3 Å². The number of para-hydroxylation sites is 1. The van der Waals surface area contributed by atoms with E-state index in [1.165, 1.54) is 12.1 Å². The molecule has 10 heteroatoms. The molecule has 0 radical (unpaired) electrons. The van der Waals surface area contributed by atoms with Crippen LogP contribution in [0.25, 0.3) is 0 Å². The van der Waals surface area contributed by atoms with Gasteiger partial charge < -0.3 is 17.2 Å². The number of benzene rings is 1. The summed E-state index contributed by atoms with van der Waals surface area (Å²) < 4.78 is 23.1. The van der Waals surface area contributed by atoms with Gasteiger partial charge in [0, 0.05) is 4.47 Å². The van der Waals surface area contributed by atoms with Gasteiger partial charge in [-0.2, -0.15) is 4.99 Å². The lowest BCUT2D eigenvalue weighted by atomic mass is 10.3. The van der Waals surface area contributed by atoms with Gasteiger partial charge in [-0.25, -0.2) is 18.5 Å². The highest BCUT2D eigenvalue weighted by Crippen LogP contribution is 2.31. The monoisotopic (exact) mass is 334 g/mol. The van der Waals surface area contributed by atoms with E-state index in [2.05, 4.69) is 25.9 Å². The van der Waals surface area contributed by atoms with Crippen LogP contribution in [-0.4, -0.2) is 20.3 Å². The summed E-state index contributed by atoms with van der Waals surface area (Å²) in [5.41, 5.74) is 15.7. The third-order valence-electron chi connectivity index (χ3n) is 1.73. The number of rotatable bonds is 2. The minimum Gasteiger partial charge on any atom is -0.370 e. The molecule has 18 heavy (non-hydrogen) atoms. The lowest BCUT2D eigenvalue weighted by molar-refractivity contribution is 0.598. The second kappa shape index (κ2) is 5.33. The van der Waals surface area contributed by atoms with Crippen LogP contribution < -0.4 is 22.3 Å². The molecule has 0 spiro atoms. The molecular weight excluding hydrogens is 324 g/mol. The average Bonchev–Trinajstić information content (AvgIpc) is 2.18. The first kappa shape index (κ1) is 14.4. The highest BCUT2D eigenvalue weighted by atomic mass is 79.9. The molecule has 1 aromatic carbocycles. The van der Waals surface area contributed by atoms with Crippen molar-refractivity contribution in [1.82, 2.24) is 0 Å². The maximum atomic E-state index is 11.4. The Labute approximate surface area is 112 Å². The van der Waals surface area contributed by atoms with Gasteiger partial charge in [-0.15, -0.1) is 0 Å². The van der Waals surface area contributed by atoms with Gasteiger partial charge in [-0.1, -0.05) is 6.07 Å². The van der Waals surface area contributed by atoms with Crippen molar-refractivity contribution >= 4 is 43.6 Å². The first-order valence-electron chi connectivity index (χ1n) is 4.47. The minimum atomic E-state index is -3.93. The number of hydrogen-bond donors (Lipinski definition) is 4. The van der Waals surface area contributed by atoms with E-state index in [-0.39, 0.29) is 22.5 Å². The van der Waals surface area contributed by atoms with Gasteiger partial charge in [-0.05, 0) is 28.1 Å². The normalized spacial score (nSPS) is 12.2. The predicted molar refractivity (Wildman–Crippen MR) is 72.6 cm³/mol. The number of primary sulfonamides is 1. The molecule has 0 aromatic heterocycles. The maximum Gasteiger partial charge on any atom is 0.240 e. The van der Waals surface area contributed by atoms with Crippen LogP contribution in [0.5, 0.6) is 0 Å². The molecule has 0 atom stereocenters. The van der Waals surface area contributed by atoms with Crippen LogP contribution >= 0.6 is 15.9 Å². The third kappa shape index (κ3) is 3.68. The Morgan fingerprint density at radius 1 is 1.22 bits per heavy atom. The van der Waals surface area contributed by atoms with E-state index in [0.717, 1.165) is 0 Å². The molecule has 0 fully saturated rings. The summed E-state index contributed by atoms with van der Waals surface area (Å²) in [6.07, 6.45) is 0. The summed E-state index contributed by atoms with van der Waals surface area (Å²) in [6.45, 7) is 0. The zero-order chi connectivity index (χ0) is 13.9. The highest BCUT2D eigenvalue weighted by molar-refractivity contribution is 9.10. The smallest absolute Gasteiger partial charge is 0.240 e. The lowest BCUT2D eigenvalue weighted by Gasteiger charge is -2.05. The Kier molecular flexibility index (Phi) is 4.27. The van der Waals surface area contributed by atoms with Crippen molar-refractivity contribution in [2.24, 2.45) is 32.3 Å². The molecule has 0 amide bonds. The first-order chi connectivity index (χ1) is 8.21. The SMILES string of the molecule is NC(N)=NC(N)=Nc1c(Br)cccc1S(N)(=O)=O. The van der Waals surface area contributed by atoms with Gasteiger partial charge in [0.1, 0.15) is 10.6 Å². The number of nitrogens with two attached hydrogens (primary N) is 4. The molecular formula is C8H11BrN6O2S. The predicted octanol–water partition coefficient (Wildman–Crippen LogP) is -0.684. The van der Waals surface area contributed by atoms with Gasteiger partial charge in [0.15, 0.2) is 5.96 Å². The third-order valence-corrected chi connectivity index (χ3v) is 3.31. The number of guanidine groups is 2. The van der Waals surface area contributed by atoms with Crippen molar-refractivity contribution in [3.05, 3.63) is 22.7 Å². The molecule has 0 saturated carbocycles. The number of halogens is 1. The number of aliphatic imine (C=N–C) groups is 2. The second-order valence-electron chi connectivity index (χ2n) is 3.14. The van der Waals surface area contributed by atoms with Gasteiger partial charge in [0.25, 0.3) is 0 Å². The van der Waals surface area contributed by atoms with E-state index in [1.54, 1.807) is 6.07 Å². The highest BCUT2D eigenvalue weighted by Gasteiger charge is 2.16. The van der Waals surface area contributed by atoms with Crippen LogP contribution in [0.3, 0.4) is 0 Å². The standard InChI is InChI=1S/C8H11BrN6O2S/c9-4-2-1-3-5(18(13,16)17)6(4)14-8(12)15-7(10)11/h1-3H,(H2,13,16,17)(H6,10,11,12,14,15). The first-order valence-corrected chi connectivity index (χ1v) is 6.81. The summed E-state index contributed by atoms with van der Waals surface area (Å²) in [4.78, 5) is 7.10.